The second-order valence-electron chi connectivity index (χ2n) is 5.43. The van der Waals surface area contributed by atoms with Crippen LogP contribution in [0.4, 0.5) is 0 Å². The molecule has 0 radical (unpaired) electrons. The number of halogens is 1. The van der Waals surface area contributed by atoms with E-state index in [2.05, 4.69) is 46.1 Å². The molecule has 3 unspecified atom stereocenters. The van der Waals surface area contributed by atoms with Crippen LogP contribution in [0, 0.1) is 5.92 Å². The normalized spacial score (nSPS) is 25.0. The average molecular weight is 331 g/mol. The van der Waals surface area contributed by atoms with E-state index in [1.807, 2.05) is 11.3 Å². The summed E-state index contributed by atoms with van der Waals surface area (Å²) in [6.45, 7) is 6.92. The van der Waals surface area contributed by atoms with Gasteiger partial charge in [0.05, 0.1) is 6.04 Å². The third-order valence-corrected chi connectivity index (χ3v) is 5.60. The van der Waals surface area contributed by atoms with E-state index >= 15 is 0 Å². The Morgan fingerprint density at radius 1 is 1.61 bits per heavy atom. The number of likely N-dealkylation sites (tertiary alicyclic amines) is 1. The maximum atomic E-state index is 6.38. The van der Waals surface area contributed by atoms with Crippen LogP contribution in [-0.2, 0) is 0 Å². The van der Waals surface area contributed by atoms with Gasteiger partial charge in [0.2, 0.25) is 0 Å². The fourth-order valence-corrected chi connectivity index (χ4v) is 4.50. The third kappa shape index (κ3) is 3.35. The summed E-state index contributed by atoms with van der Waals surface area (Å²) >= 11 is 5.39. The van der Waals surface area contributed by atoms with Crippen molar-refractivity contribution in [2.24, 2.45) is 11.7 Å². The smallest absolute Gasteiger partial charge is 0.0593 e. The molecule has 1 aliphatic heterocycles. The van der Waals surface area contributed by atoms with Crippen LogP contribution in [0.1, 0.15) is 44.0 Å². The van der Waals surface area contributed by atoms with Gasteiger partial charge in [0, 0.05) is 27.3 Å². The van der Waals surface area contributed by atoms with Crippen LogP contribution in [0.5, 0.6) is 0 Å². The van der Waals surface area contributed by atoms with Crippen molar-refractivity contribution in [3.63, 3.8) is 0 Å². The second-order valence-corrected chi connectivity index (χ2v) is 7.29. The number of hydrogen-bond donors (Lipinski definition) is 1. The highest BCUT2D eigenvalue weighted by Crippen LogP contribution is 2.34. The summed E-state index contributed by atoms with van der Waals surface area (Å²) in [5, 5.41) is 2.16. The number of thiophene rings is 1. The molecule has 0 spiro atoms. The lowest BCUT2D eigenvalue weighted by molar-refractivity contribution is 0.113. The fraction of sp³-hybridized carbons (Fsp3) is 0.714. The molecule has 1 fully saturated rings. The summed E-state index contributed by atoms with van der Waals surface area (Å²) in [7, 11) is 0. The highest BCUT2D eigenvalue weighted by molar-refractivity contribution is 9.10. The zero-order chi connectivity index (χ0) is 13.1. The van der Waals surface area contributed by atoms with Crippen molar-refractivity contribution >= 4 is 27.3 Å². The summed E-state index contributed by atoms with van der Waals surface area (Å²) in [6, 6.07) is 2.87. The molecule has 2 heterocycles. The first-order chi connectivity index (χ1) is 8.61. The van der Waals surface area contributed by atoms with Gasteiger partial charge in [-0.2, -0.15) is 0 Å². The standard InChI is InChI=1S/C14H23BrN2S/c1-3-12(16)14(13-7-11(15)9-18-13)17-6-4-5-10(2)8-17/h7,9-10,12,14H,3-6,8,16H2,1-2H3. The van der Waals surface area contributed by atoms with Crippen molar-refractivity contribution in [3.8, 4) is 0 Å². The Labute approximate surface area is 123 Å². The molecule has 1 saturated heterocycles. The molecular formula is C14H23BrN2S. The predicted molar refractivity (Wildman–Crippen MR) is 83.0 cm³/mol. The van der Waals surface area contributed by atoms with Gasteiger partial charge in [-0.15, -0.1) is 11.3 Å². The topological polar surface area (TPSA) is 29.3 Å². The van der Waals surface area contributed by atoms with Crippen LogP contribution in [-0.4, -0.2) is 24.0 Å². The Balaban J connectivity index is 2.19. The highest BCUT2D eigenvalue weighted by Gasteiger charge is 2.29. The maximum Gasteiger partial charge on any atom is 0.0593 e. The second kappa shape index (κ2) is 6.51. The number of piperidine rings is 1. The van der Waals surface area contributed by atoms with Crippen LogP contribution in [0.3, 0.4) is 0 Å². The minimum Gasteiger partial charge on any atom is -0.326 e. The molecule has 4 heteroatoms. The fourth-order valence-electron chi connectivity index (χ4n) is 2.85. The Kier molecular flexibility index (Phi) is 5.24. The maximum absolute atomic E-state index is 6.38. The Bertz CT molecular complexity index is 380. The van der Waals surface area contributed by atoms with Crippen molar-refractivity contribution in [2.45, 2.75) is 45.2 Å². The van der Waals surface area contributed by atoms with Gasteiger partial charge in [-0.3, -0.25) is 4.90 Å². The van der Waals surface area contributed by atoms with Crippen LogP contribution >= 0.6 is 27.3 Å². The predicted octanol–water partition coefficient (Wildman–Crippen LogP) is 4.02. The van der Waals surface area contributed by atoms with Crippen molar-refractivity contribution in [1.29, 1.82) is 0 Å². The third-order valence-electron chi connectivity index (χ3n) is 3.84. The number of nitrogens with two attached hydrogens (primary N) is 1. The summed E-state index contributed by atoms with van der Waals surface area (Å²) in [6.07, 6.45) is 3.70. The first-order valence-corrected chi connectivity index (χ1v) is 8.52. The molecule has 0 aliphatic carbocycles. The lowest BCUT2D eigenvalue weighted by Crippen LogP contribution is -2.44. The lowest BCUT2D eigenvalue weighted by Gasteiger charge is -2.39. The highest BCUT2D eigenvalue weighted by atomic mass is 79.9. The zero-order valence-corrected chi connectivity index (χ0v) is 13.6. The SMILES string of the molecule is CCC(N)C(c1cc(Br)cs1)N1CCCC(C)C1. The van der Waals surface area contributed by atoms with Gasteiger partial charge >= 0.3 is 0 Å². The van der Waals surface area contributed by atoms with Crippen LogP contribution < -0.4 is 5.73 Å². The van der Waals surface area contributed by atoms with E-state index in [1.54, 1.807) is 0 Å². The van der Waals surface area contributed by atoms with Crippen LogP contribution in [0.2, 0.25) is 0 Å². The monoisotopic (exact) mass is 330 g/mol. The molecule has 0 bridgehead atoms. The van der Waals surface area contributed by atoms with Gasteiger partial charge < -0.3 is 5.73 Å². The number of rotatable bonds is 4. The lowest BCUT2D eigenvalue weighted by atomic mass is 9.95. The van der Waals surface area contributed by atoms with Crippen LogP contribution in [0.25, 0.3) is 0 Å². The summed E-state index contributed by atoms with van der Waals surface area (Å²) in [5.74, 6) is 0.800. The van der Waals surface area contributed by atoms with Gasteiger partial charge in [-0.05, 0) is 53.7 Å². The molecule has 1 aliphatic rings. The van der Waals surface area contributed by atoms with Crippen molar-refractivity contribution in [1.82, 2.24) is 4.90 Å². The van der Waals surface area contributed by atoms with Gasteiger partial charge in [-0.1, -0.05) is 13.8 Å². The summed E-state index contributed by atoms with van der Waals surface area (Å²) in [4.78, 5) is 4.01. The van der Waals surface area contributed by atoms with Crippen molar-refractivity contribution < 1.29 is 0 Å². The molecule has 1 aromatic rings. The molecule has 2 rings (SSSR count). The molecule has 2 nitrogen and oxygen atoms in total. The molecule has 0 saturated carbocycles. The first-order valence-electron chi connectivity index (χ1n) is 6.85. The van der Waals surface area contributed by atoms with E-state index in [0.29, 0.717) is 6.04 Å². The summed E-state index contributed by atoms with van der Waals surface area (Å²) < 4.78 is 1.18. The molecular weight excluding hydrogens is 308 g/mol. The zero-order valence-electron chi connectivity index (χ0n) is 11.2. The van der Waals surface area contributed by atoms with Gasteiger partial charge in [0.25, 0.3) is 0 Å². The molecule has 3 atom stereocenters. The molecule has 0 amide bonds. The largest absolute Gasteiger partial charge is 0.326 e. The summed E-state index contributed by atoms with van der Waals surface area (Å²) in [5.41, 5.74) is 6.38. The molecule has 1 aromatic heterocycles. The van der Waals surface area contributed by atoms with Gasteiger partial charge in [0.15, 0.2) is 0 Å². The van der Waals surface area contributed by atoms with E-state index in [9.17, 15) is 0 Å². The van der Waals surface area contributed by atoms with Gasteiger partial charge in [-0.25, -0.2) is 0 Å². The van der Waals surface area contributed by atoms with Crippen molar-refractivity contribution in [2.75, 3.05) is 13.1 Å². The first kappa shape index (κ1) is 14.5. The Hall–Kier alpha value is 0.1000. The van der Waals surface area contributed by atoms with Gasteiger partial charge in [0.1, 0.15) is 0 Å². The number of hydrogen-bond acceptors (Lipinski definition) is 3. The van der Waals surface area contributed by atoms with E-state index in [1.165, 1.54) is 35.3 Å². The van der Waals surface area contributed by atoms with Crippen molar-refractivity contribution in [3.05, 3.63) is 20.8 Å². The average Bonchev–Trinajstić information content (AvgIpc) is 2.76. The Morgan fingerprint density at radius 3 is 2.94 bits per heavy atom. The molecule has 2 N–H and O–H groups in total. The minimum atomic E-state index is 0.237. The number of nitrogens with zero attached hydrogens (tertiary/aromatic N) is 1. The molecule has 18 heavy (non-hydrogen) atoms. The Morgan fingerprint density at radius 2 is 2.39 bits per heavy atom. The van der Waals surface area contributed by atoms with E-state index in [-0.39, 0.29) is 6.04 Å². The van der Waals surface area contributed by atoms with E-state index < -0.39 is 0 Å². The van der Waals surface area contributed by atoms with E-state index in [4.69, 9.17) is 5.73 Å². The quantitative estimate of drug-likeness (QED) is 0.903. The molecule has 102 valence electrons. The van der Waals surface area contributed by atoms with E-state index in [0.717, 1.165) is 12.3 Å². The minimum absolute atomic E-state index is 0.237. The molecule has 0 aromatic carbocycles. The van der Waals surface area contributed by atoms with Crippen LogP contribution in [0.15, 0.2) is 15.9 Å².